The zero-order valence-corrected chi connectivity index (χ0v) is 7.22. The van der Waals surface area contributed by atoms with Crippen LogP contribution in [0.25, 0.3) is 0 Å². The highest BCUT2D eigenvalue weighted by atomic mass is 32.1. The smallest absolute Gasteiger partial charge is 0.318 e. The van der Waals surface area contributed by atoms with E-state index in [1.165, 1.54) is 5.38 Å². The molecule has 1 aromatic heterocycles. The Balaban J connectivity index is 2.74. The van der Waals surface area contributed by atoms with Gasteiger partial charge in [-0.2, -0.15) is 0 Å². The van der Waals surface area contributed by atoms with Crippen LogP contribution >= 0.6 is 11.3 Å². The summed E-state index contributed by atoms with van der Waals surface area (Å²) in [6.45, 7) is 0. The molecule has 0 aliphatic carbocycles. The van der Waals surface area contributed by atoms with Gasteiger partial charge < -0.3 is 5.73 Å². The third-order valence-corrected chi connectivity index (χ3v) is 1.86. The molecular formula is C5H7N5O2S. The Morgan fingerprint density at radius 1 is 1.54 bits per heavy atom. The van der Waals surface area contributed by atoms with Gasteiger partial charge in [-0.05, 0) is 0 Å². The van der Waals surface area contributed by atoms with Crippen LogP contribution in [0.15, 0.2) is 5.38 Å². The van der Waals surface area contributed by atoms with E-state index in [-0.39, 0.29) is 10.8 Å². The Morgan fingerprint density at radius 2 is 2.23 bits per heavy atom. The van der Waals surface area contributed by atoms with E-state index in [0.717, 1.165) is 11.3 Å². The Kier molecular flexibility index (Phi) is 2.77. The lowest BCUT2D eigenvalue weighted by molar-refractivity contribution is 0.0949. The number of nitrogen functional groups attached to an aromatic ring is 1. The van der Waals surface area contributed by atoms with Crippen molar-refractivity contribution in [1.29, 1.82) is 0 Å². The molecule has 0 aromatic carbocycles. The van der Waals surface area contributed by atoms with Crippen LogP contribution in [0.3, 0.4) is 0 Å². The fourth-order valence-electron chi connectivity index (χ4n) is 0.615. The molecule has 0 aliphatic rings. The van der Waals surface area contributed by atoms with Crippen LogP contribution in [-0.2, 0) is 0 Å². The highest BCUT2D eigenvalue weighted by molar-refractivity contribution is 7.14. The summed E-state index contributed by atoms with van der Waals surface area (Å²) in [6, 6.07) is -0.728. The number of carbonyl (C=O) groups excluding carboxylic acids is 2. The molecule has 7 nitrogen and oxygen atoms in total. The zero-order chi connectivity index (χ0) is 9.84. The summed E-state index contributed by atoms with van der Waals surface area (Å²) in [5.41, 5.74) is 6.88. The number of anilines is 1. The molecule has 6 N–H and O–H groups in total. The molecule has 0 radical (unpaired) electrons. The number of carbonyl (C=O) groups is 2. The topological polar surface area (TPSA) is 123 Å². The van der Waals surface area contributed by atoms with E-state index in [1.807, 2.05) is 5.43 Å². The normalized spacial score (nSPS) is 9.31. The van der Waals surface area contributed by atoms with Crippen molar-refractivity contribution >= 4 is 28.4 Å². The summed E-state index contributed by atoms with van der Waals surface area (Å²) >= 11 is 1.08. The van der Waals surface area contributed by atoms with E-state index in [4.69, 9.17) is 11.6 Å². The first kappa shape index (κ1) is 9.42. The number of amides is 3. The fourth-order valence-corrected chi connectivity index (χ4v) is 1.31. The lowest BCUT2D eigenvalue weighted by Gasteiger charge is -1.93. The van der Waals surface area contributed by atoms with Gasteiger partial charge in [-0.1, -0.05) is 0 Å². The second-order valence-corrected chi connectivity index (χ2v) is 2.86. The number of thiazole rings is 1. The Morgan fingerprint density at radius 3 is 2.77 bits per heavy atom. The Labute approximate surface area is 77.1 Å². The van der Waals surface area contributed by atoms with Gasteiger partial charge in [0.2, 0.25) is 0 Å². The Bertz CT molecular complexity index is 335. The van der Waals surface area contributed by atoms with E-state index in [1.54, 1.807) is 0 Å². The van der Waals surface area contributed by atoms with Gasteiger partial charge in [-0.3, -0.25) is 15.5 Å². The molecular weight excluding hydrogens is 194 g/mol. The number of hydrogen-bond donors (Lipinski definition) is 4. The zero-order valence-electron chi connectivity index (χ0n) is 6.40. The highest BCUT2D eigenvalue weighted by Gasteiger charge is 2.09. The van der Waals surface area contributed by atoms with Crippen LogP contribution in [0.4, 0.5) is 9.93 Å². The van der Waals surface area contributed by atoms with Crippen LogP contribution in [0.2, 0.25) is 0 Å². The molecule has 0 aliphatic heterocycles. The number of hydrazine groups is 1. The van der Waals surface area contributed by atoms with E-state index in [2.05, 4.69) is 10.3 Å². The Hall–Kier alpha value is -1.67. The van der Waals surface area contributed by atoms with Crippen LogP contribution in [0, 0.1) is 0 Å². The molecule has 0 atom stereocenters. The van der Waals surface area contributed by atoms with Gasteiger partial charge in [0.25, 0.3) is 5.91 Å². The number of aromatic nitrogens is 1. The summed E-state index contributed by atoms with van der Waals surface area (Å²) in [6.07, 6.45) is 0. The number of primary amides is 1. The number of hydrogen-bond acceptors (Lipinski definition) is 5. The fraction of sp³-hybridized carbons (Fsp3) is 0. The molecule has 1 heterocycles. The maximum absolute atomic E-state index is 10.9. The van der Waals surface area contributed by atoms with Crippen molar-refractivity contribution in [3.8, 4) is 0 Å². The molecule has 0 bridgehead atoms. The second-order valence-electron chi connectivity index (χ2n) is 2.00. The number of rotatable bonds is 2. The number of nitrogens with one attached hydrogen (secondary N) is 2. The molecule has 8 heteroatoms. The summed E-state index contributed by atoms with van der Waals surface area (Å²) in [4.78, 5) is 25.0. The summed E-state index contributed by atoms with van der Waals surface area (Å²) in [7, 11) is 0. The number of nitrogens with two attached hydrogens (primary N) is 2. The standard InChI is InChI=1S/C5H7N5O2S/c6-4(12)9-5-8-2(1-13-5)3(11)10-7/h1H,7H2,(H,10,11)(H3,6,8,9,12). The SMILES string of the molecule is NNC(=O)c1csc(NC(N)=O)n1. The molecule has 0 saturated carbocycles. The first-order valence-corrected chi connectivity index (χ1v) is 4.04. The van der Waals surface area contributed by atoms with Crippen molar-refractivity contribution in [2.75, 3.05) is 5.32 Å². The monoisotopic (exact) mass is 201 g/mol. The molecule has 0 unspecified atom stereocenters. The maximum atomic E-state index is 10.9. The molecule has 70 valence electrons. The van der Waals surface area contributed by atoms with Gasteiger partial charge >= 0.3 is 6.03 Å². The highest BCUT2D eigenvalue weighted by Crippen LogP contribution is 2.14. The quantitative estimate of drug-likeness (QED) is 0.285. The molecule has 13 heavy (non-hydrogen) atoms. The minimum Gasteiger partial charge on any atom is -0.351 e. The first-order valence-electron chi connectivity index (χ1n) is 3.16. The van der Waals surface area contributed by atoms with Crippen LogP contribution < -0.4 is 22.3 Å². The molecule has 1 aromatic rings. The van der Waals surface area contributed by atoms with Gasteiger partial charge in [0.05, 0.1) is 0 Å². The van der Waals surface area contributed by atoms with Crippen molar-refractivity contribution in [2.45, 2.75) is 0 Å². The lowest BCUT2D eigenvalue weighted by atomic mass is 10.5. The van der Waals surface area contributed by atoms with Crippen LogP contribution in [0.1, 0.15) is 10.5 Å². The van der Waals surface area contributed by atoms with Gasteiger partial charge in [0, 0.05) is 5.38 Å². The molecule has 0 saturated heterocycles. The first-order chi connectivity index (χ1) is 6.13. The van der Waals surface area contributed by atoms with Crippen molar-refractivity contribution < 1.29 is 9.59 Å². The molecule has 0 fully saturated rings. The van der Waals surface area contributed by atoms with Gasteiger partial charge in [0.1, 0.15) is 5.69 Å². The minimum absolute atomic E-state index is 0.135. The third-order valence-electron chi connectivity index (χ3n) is 1.10. The average Bonchev–Trinajstić information content (AvgIpc) is 2.50. The molecule has 3 amide bonds. The number of nitrogens with zero attached hydrogens (tertiary/aromatic N) is 1. The average molecular weight is 201 g/mol. The second kappa shape index (κ2) is 3.83. The number of urea groups is 1. The van der Waals surface area contributed by atoms with Gasteiger partial charge in [-0.25, -0.2) is 15.6 Å². The predicted octanol–water partition coefficient (Wildman–Crippen LogP) is -0.763. The van der Waals surface area contributed by atoms with E-state index in [0.29, 0.717) is 0 Å². The van der Waals surface area contributed by atoms with E-state index in [9.17, 15) is 9.59 Å². The van der Waals surface area contributed by atoms with Gasteiger partial charge in [-0.15, -0.1) is 11.3 Å². The van der Waals surface area contributed by atoms with Crippen molar-refractivity contribution in [3.05, 3.63) is 11.1 Å². The van der Waals surface area contributed by atoms with Crippen LogP contribution in [0.5, 0.6) is 0 Å². The summed E-state index contributed by atoms with van der Waals surface area (Å²) in [5, 5.41) is 3.94. The molecule has 1 rings (SSSR count). The molecule has 0 spiro atoms. The van der Waals surface area contributed by atoms with Gasteiger partial charge in [0.15, 0.2) is 5.13 Å². The van der Waals surface area contributed by atoms with Crippen LogP contribution in [-0.4, -0.2) is 16.9 Å². The van der Waals surface area contributed by atoms with Crippen molar-refractivity contribution in [1.82, 2.24) is 10.4 Å². The van der Waals surface area contributed by atoms with E-state index >= 15 is 0 Å². The maximum Gasteiger partial charge on any atom is 0.318 e. The van der Waals surface area contributed by atoms with E-state index < -0.39 is 11.9 Å². The third kappa shape index (κ3) is 2.39. The summed E-state index contributed by atoms with van der Waals surface area (Å²) < 4.78 is 0. The lowest BCUT2D eigenvalue weighted by Crippen LogP contribution is -2.30. The van der Waals surface area contributed by atoms with Crippen molar-refractivity contribution in [3.63, 3.8) is 0 Å². The van der Waals surface area contributed by atoms with Crippen molar-refractivity contribution in [2.24, 2.45) is 11.6 Å². The summed E-state index contributed by atoms with van der Waals surface area (Å²) in [5.74, 6) is 4.35. The largest absolute Gasteiger partial charge is 0.351 e. The minimum atomic E-state index is -0.728. The predicted molar refractivity (Wildman–Crippen MR) is 47.0 cm³/mol.